The van der Waals surface area contributed by atoms with Crippen LogP contribution in [0.5, 0.6) is 0 Å². The van der Waals surface area contributed by atoms with Gasteiger partial charge >= 0.3 is 12.1 Å². The molecule has 0 spiro atoms. The molecule has 3 aromatic carbocycles. The number of ether oxygens (including phenoxy) is 2. The number of piperidine rings is 1. The maximum absolute atomic E-state index is 13.9. The number of anilines is 1. The molecule has 2 N–H and O–H groups in total. The van der Waals surface area contributed by atoms with Crippen LogP contribution in [0.1, 0.15) is 50.3 Å². The molecule has 1 saturated heterocycles. The van der Waals surface area contributed by atoms with Gasteiger partial charge in [0.25, 0.3) is 0 Å². The monoisotopic (exact) mass is 720 g/mol. The zero-order chi connectivity index (χ0) is 37.3. The number of hydrogen-bond donors (Lipinski definition) is 2. The van der Waals surface area contributed by atoms with Gasteiger partial charge in [-0.05, 0) is 73.7 Å². The minimum absolute atomic E-state index is 0.00860. The molecular formula is C38H48N4O8S. The fourth-order valence-electron chi connectivity index (χ4n) is 6.08. The van der Waals surface area contributed by atoms with Crippen molar-refractivity contribution in [2.24, 2.45) is 11.3 Å². The molecule has 4 rings (SSSR count). The summed E-state index contributed by atoms with van der Waals surface area (Å²) in [5, 5.41) is 5.95. The number of amides is 3. The number of hydrogen-bond acceptors (Lipinski definition) is 9. The largest absolute Gasteiger partial charge is 0.467 e. The van der Waals surface area contributed by atoms with Gasteiger partial charge in [-0.25, -0.2) is 22.9 Å². The van der Waals surface area contributed by atoms with Crippen molar-refractivity contribution in [2.45, 2.75) is 70.5 Å². The number of rotatable bonds is 12. The van der Waals surface area contributed by atoms with Crippen molar-refractivity contribution in [2.75, 3.05) is 32.1 Å². The number of nitrogens with zero attached hydrogens (tertiary/aromatic N) is 2. The first kappa shape index (κ1) is 39.2. The predicted octanol–water partition coefficient (Wildman–Crippen LogP) is 4.60. The Hall–Kier alpha value is -4.59. The molecule has 12 nitrogen and oxygen atoms in total. The minimum Gasteiger partial charge on any atom is -0.467 e. The molecule has 0 bridgehead atoms. The van der Waals surface area contributed by atoms with Crippen LogP contribution >= 0.6 is 0 Å². The van der Waals surface area contributed by atoms with E-state index >= 15 is 0 Å². The van der Waals surface area contributed by atoms with E-state index in [1.54, 1.807) is 57.2 Å². The first-order valence-electron chi connectivity index (χ1n) is 16.9. The molecule has 0 aliphatic carbocycles. The number of benzene rings is 3. The Labute approximate surface area is 300 Å². The highest BCUT2D eigenvalue weighted by molar-refractivity contribution is 7.89. The number of sulfonamides is 1. The molecule has 3 amide bonds. The number of methoxy groups -OCH3 is 1. The summed E-state index contributed by atoms with van der Waals surface area (Å²) in [5.74, 6) is -2.12. The Kier molecular flexibility index (Phi) is 13.1. The molecule has 3 aromatic rings. The van der Waals surface area contributed by atoms with Crippen LogP contribution in [0.15, 0.2) is 83.8 Å². The van der Waals surface area contributed by atoms with Gasteiger partial charge in [0.05, 0.1) is 17.7 Å². The van der Waals surface area contributed by atoms with Crippen molar-refractivity contribution in [3.63, 3.8) is 0 Å². The minimum atomic E-state index is -4.08. The fourth-order valence-corrected chi connectivity index (χ4v) is 7.58. The Morgan fingerprint density at radius 2 is 1.51 bits per heavy atom. The first-order chi connectivity index (χ1) is 24.1. The van der Waals surface area contributed by atoms with Crippen LogP contribution < -0.4 is 15.5 Å². The standard InChI is InChI=1S/C38H48N4O8S/c1-26-12-18-31(19-13-26)51(47,48)41(5)33(38(2,3)4)34(43)40-32(36(45)49-6)24-27-14-16-30(17-15-27)42(35(44)29-20-22-39-23-21-29)37(46)50-25-28-10-8-7-9-11-28/h7-19,29,32-33,39H,20-25H2,1-6H3,(H,40,43)/t32-,33?/m0/s1. The van der Waals surface area contributed by atoms with Gasteiger partial charge in [-0.2, -0.15) is 4.31 Å². The molecule has 1 fully saturated rings. The molecule has 1 heterocycles. The highest BCUT2D eigenvalue weighted by Crippen LogP contribution is 2.29. The zero-order valence-corrected chi connectivity index (χ0v) is 30.9. The van der Waals surface area contributed by atoms with Crippen molar-refractivity contribution in [3.8, 4) is 0 Å². The summed E-state index contributed by atoms with van der Waals surface area (Å²) in [6.07, 6.45) is 0.353. The van der Waals surface area contributed by atoms with Crippen LogP contribution in [0.25, 0.3) is 0 Å². The lowest BCUT2D eigenvalue weighted by Gasteiger charge is -2.36. The van der Waals surface area contributed by atoms with Crippen LogP contribution in [0, 0.1) is 18.3 Å². The Morgan fingerprint density at radius 3 is 2.08 bits per heavy atom. The van der Waals surface area contributed by atoms with E-state index in [1.165, 1.54) is 26.3 Å². The number of imide groups is 1. The summed E-state index contributed by atoms with van der Waals surface area (Å²) in [6, 6.07) is 19.6. The van der Waals surface area contributed by atoms with Gasteiger partial charge in [-0.15, -0.1) is 0 Å². The summed E-state index contributed by atoms with van der Waals surface area (Å²) in [5.41, 5.74) is 1.70. The molecular weight excluding hydrogens is 673 g/mol. The highest BCUT2D eigenvalue weighted by atomic mass is 32.2. The molecule has 0 saturated carbocycles. The van der Waals surface area contributed by atoms with Crippen molar-refractivity contribution < 1.29 is 37.1 Å². The van der Waals surface area contributed by atoms with Gasteiger partial charge in [-0.1, -0.05) is 80.9 Å². The Balaban J connectivity index is 1.55. The van der Waals surface area contributed by atoms with Crippen molar-refractivity contribution in [3.05, 3.63) is 95.6 Å². The van der Waals surface area contributed by atoms with E-state index in [0.717, 1.165) is 20.3 Å². The number of likely N-dealkylation sites (N-methyl/N-ethyl adjacent to an activating group) is 1. The topological polar surface area (TPSA) is 151 Å². The van der Waals surface area contributed by atoms with E-state index in [0.29, 0.717) is 37.2 Å². The van der Waals surface area contributed by atoms with Gasteiger partial charge in [0.2, 0.25) is 21.8 Å². The van der Waals surface area contributed by atoms with Crippen molar-refractivity contribution in [1.82, 2.24) is 14.9 Å². The molecule has 274 valence electrons. The van der Waals surface area contributed by atoms with E-state index in [-0.39, 0.29) is 29.7 Å². The SMILES string of the molecule is COC(=O)[C@H](Cc1ccc(N(C(=O)OCc2ccccc2)C(=O)C2CCNCC2)cc1)NC(=O)C(N(C)S(=O)(=O)c1ccc(C)cc1)C(C)(C)C. The second kappa shape index (κ2) is 17.1. The van der Waals surface area contributed by atoms with Crippen LogP contribution in [0.4, 0.5) is 10.5 Å². The lowest BCUT2D eigenvalue weighted by molar-refractivity contribution is -0.146. The van der Waals surface area contributed by atoms with Crippen LogP contribution in [-0.4, -0.2) is 75.9 Å². The summed E-state index contributed by atoms with van der Waals surface area (Å²) >= 11 is 0. The molecule has 0 radical (unpaired) electrons. The summed E-state index contributed by atoms with van der Waals surface area (Å²) in [4.78, 5) is 55.0. The lowest BCUT2D eigenvalue weighted by atomic mass is 9.86. The van der Waals surface area contributed by atoms with Gasteiger partial charge < -0.3 is 20.1 Å². The van der Waals surface area contributed by atoms with Gasteiger partial charge in [0.1, 0.15) is 18.7 Å². The highest BCUT2D eigenvalue weighted by Gasteiger charge is 2.42. The van der Waals surface area contributed by atoms with Crippen LogP contribution in [0.2, 0.25) is 0 Å². The van der Waals surface area contributed by atoms with Crippen molar-refractivity contribution in [1.29, 1.82) is 0 Å². The third-order valence-electron chi connectivity index (χ3n) is 8.86. The van der Waals surface area contributed by atoms with Gasteiger partial charge in [0, 0.05) is 19.4 Å². The van der Waals surface area contributed by atoms with Crippen LogP contribution in [-0.2, 0) is 46.9 Å². The van der Waals surface area contributed by atoms with Crippen molar-refractivity contribution >= 4 is 39.6 Å². The number of carbonyl (C=O) groups excluding carboxylic acids is 4. The number of nitrogens with one attached hydrogen (secondary N) is 2. The quantitative estimate of drug-likeness (QED) is 0.256. The molecule has 1 unspecified atom stereocenters. The molecule has 1 aliphatic heterocycles. The number of esters is 1. The lowest BCUT2D eigenvalue weighted by Crippen LogP contribution is -2.57. The second-order valence-corrected chi connectivity index (χ2v) is 15.8. The van der Waals surface area contributed by atoms with E-state index < -0.39 is 45.5 Å². The zero-order valence-electron chi connectivity index (χ0n) is 30.0. The van der Waals surface area contributed by atoms with Crippen LogP contribution in [0.3, 0.4) is 0 Å². The van der Waals surface area contributed by atoms with Gasteiger partial charge in [0.15, 0.2) is 0 Å². The maximum Gasteiger partial charge on any atom is 0.421 e. The molecule has 51 heavy (non-hydrogen) atoms. The second-order valence-electron chi connectivity index (χ2n) is 13.8. The average Bonchev–Trinajstić information content (AvgIpc) is 3.11. The summed E-state index contributed by atoms with van der Waals surface area (Å²) < 4.78 is 38.8. The normalized spacial score (nSPS) is 15.0. The number of aryl methyl sites for hydroxylation is 1. The van der Waals surface area contributed by atoms with Gasteiger partial charge in [-0.3, -0.25) is 9.59 Å². The molecule has 13 heteroatoms. The third kappa shape index (κ3) is 10.0. The summed E-state index contributed by atoms with van der Waals surface area (Å²) in [7, 11) is -1.53. The first-order valence-corrected chi connectivity index (χ1v) is 18.3. The van der Waals surface area contributed by atoms with E-state index in [9.17, 15) is 27.6 Å². The van der Waals surface area contributed by atoms with E-state index in [4.69, 9.17) is 9.47 Å². The predicted molar refractivity (Wildman–Crippen MR) is 193 cm³/mol. The Bertz CT molecular complexity index is 1770. The average molecular weight is 721 g/mol. The summed E-state index contributed by atoms with van der Waals surface area (Å²) in [6.45, 7) is 8.38. The maximum atomic E-state index is 13.9. The third-order valence-corrected chi connectivity index (χ3v) is 10.7. The number of carbonyl (C=O) groups is 4. The molecule has 0 aromatic heterocycles. The van der Waals surface area contributed by atoms with E-state index in [2.05, 4.69) is 10.6 Å². The Morgan fingerprint density at radius 1 is 0.902 bits per heavy atom. The fraction of sp³-hybridized carbons (Fsp3) is 0.421. The molecule has 1 aliphatic rings. The van der Waals surface area contributed by atoms with E-state index in [1.807, 2.05) is 37.3 Å². The smallest absolute Gasteiger partial charge is 0.421 e. The molecule has 2 atom stereocenters.